The Hall–Kier alpha value is -0.870. The summed E-state index contributed by atoms with van der Waals surface area (Å²) in [6.45, 7) is 6.39. The largest absolute Gasteiger partial charge is 0.383 e. The van der Waals surface area contributed by atoms with Gasteiger partial charge in [-0.15, -0.1) is 17.0 Å². The Kier molecular flexibility index (Phi) is 4.93. The van der Waals surface area contributed by atoms with Crippen molar-refractivity contribution in [3.63, 3.8) is 0 Å². The van der Waals surface area contributed by atoms with Gasteiger partial charge in [-0.05, 0) is 43.0 Å². The zero-order chi connectivity index (χ0) is 12.6. The molecule has 2 rings (SSSR count). The highest BCUT2D eigenvalue weighted by atomic mass is 79.9. The molecule has 0 spiro atoms. The maximum atomic E-state index is 11.8. The van der Waals surface area contributed by atoms with Crippen molar-refractivity contribution in [2.75, 3.05) is 18.6 Å². The van der Waals surface area contributed by atoms with Crippen molar-refractivity contribution in [2.24, 2.45) is 0 Å². The number of anilines is 1. The van der Waals surface area contributed by atoms with E-state index in [-0.39, 0.29) is 28.9 Å². The van der Waals surface area contributed by atoms with E-state index in [1.54, 1.807) is 14.0 Å². The van der Waals surface area contributed by atoms with Gasteiger partial charge in [-0.3, -0.25) is 4.79 Å². The number of nitrogens with zero attached hydrogens (tertiary/aromatic N) is 1. The molecule has 1 amide bonds. The molecule has 1 heterocycles. The van der Waals surface area contributed by atoms with Crippen LogP contribution in [0.1, 0.15) is 23.6 Å². The van der Waals surface area contributed by atoms with Gasteiger partial charge in [0.25, 0.3) is 0 Å². The van der Waals surface area contributed by atoms with Gasteiger partial charge in [0.1, 0.15) is 0 Å². The van der Waals surface area contributed by atoms with E-state index in [1.165, 1.54) is 16.7 Å². The molecule has 3 nitrogen and oxygen atoms in total. The molecule has 1 unspecified atom stereocenters. The fourth-order valence-electron chi connectivity index (χ4n) is 2.73. The SMILES string of the molecule is Br.COCC1Cc2c(C)cc(C)cc2N1C(C)=O. The van der Waals surface area contributed by atoms with Crippen molar-refractivity contribution in [3.05, 3.63) is 28.8 Å². The first-order valence-electron chi connectivity index (χ1n) is 5.93. The van der Waals surface area contributed by atoms with Gasteiger partial charge in [0.2, 0.25) is 5.91 Å². The normalized spacial score (nSPS) is 17.3. The Morgan fingerprint density at radius 1 is 1.44 bits per heavy atom. The Morgan fingerprint density at radius 2 is 2.11 bits per heavy atom. The molecule has 1 aliphatic heterocycles. The van der Waals surface area contributed by atoms with Crippen LogP contribution in [-0.4, -0.2) is 25.7 Å². The summed E-state index contributed by atoms with van der Waals surface area (Å²) in [7, 11) is 1.68. The summed E-state index contributed by atoms with van der Waals surface area (Å²) in [4.78, 5) is 13.7. The van der Waals surface area contributed by atoms with E-state index in [1.807, 2.05) is 4.90 Å². The van der Waals surface area contributed by atoms with E-state index in [9.17, 15) is 4.79 Å². The van der Waals surface area contributed by atoms with Crippen LogP contribution >= 0.6 is 17.0 Å². The molecular formula is C14H20BrNO2. The second-order valence-corrected chi connectivity index (χ2v) is 4.78. The maximum absolute atomic E-state index is 11.8. The number of carbonyl (C=O) groups is 1. The highest BCUT2D eigenvalue weighted by molar-refractivity contribution is 8.93. The number of ether oxygens (including phenoxy) is 1. The van der Waals surface area contributed by atoms with E-state index in [0.717, 1.165) is 12.1 Å². The molecule has 0 N–H and O–H groups in total. The molecule has 0 bridgehead atoms. The monoisotopic (exact) mass is 313 g/mol. The summed E-state index contributed by atoms with van der Waals surface area (Å²) in [5, 5.41) is 0. The van der Waals surface area contributed by atoms with Crippen LogP contribution in [0.3, 0.4) is 0 Å². The fourth-order valence-corrected chi connectivity index (χ4v) is 2.73. The highest BCUT2D eigenvalue weighted by Gasteiger charge is 2.32. The molecule has 0 radical (unpaired) electrons. The zero-order valence-corrected chi connectivity index (χ0v) is 13.0. The van der Waals surface area contributed by atoms with Crippen LogP contribution in [0.25, 0.3) is 0 Å². The van der Waals surface area contributed by atoms with Crippen molar-refractivity contribution in [3.8, 4) is 0 Å². The van der Waals surface area contributed by atoms with E-state index in [4.69, 9.17) is 4.74 Å². The number of hydrogen-bond acceptors (Lipinski definition) is 2. The van der Waals surface area contributed by atoms with E-state index in [2.05, 4.69) is 26.0 Å². The van der Waals surface area contributed by atoms with Crippen LogP contribution in [0.5, 0.6) is 0 Å². The summed E-state index contributed by atoms with van der Waals surface area (Å²) in [6.07, 6.45) is 0.898. The Bertz CT molecular complexity index is 459. The Labute approximate surface area is 119 Å². The lowest BCUT2D eigenvalue weighted by molar-refractivity contribution is -0.117. The molecule has 1 atom stereocenters. The number of aryl methyl sites for hydroxylation is 2. The molecule has 100 valence electrons. The topological polar surface area (TPSA) is 29.5 Å². The molecule has 0 fully saturated rings. The summed E-state index contributed by atoms with van der Waals surface area (Å²) in [5.74, 6) is 0.0933. The number of benzene rings is 1. The third-order valence-electron chi connectivity index (χ3n) is 3.36. The van der Waals surface area contributed by atoms with Crippen LogP contribution in [0.2, 0.25) is 0 Å². The minimum Gasteiger partial charge on any atom is -0.383 e. The van der Waals surface area contributed by atoms with Gasteiger partial charge in [0, 0.05) is 19.7 Å². The molecule has 1 aliphatic rings. The summed E-state index contributed by atoms with van der Waals surface area (Å²) >= 11 is 0. The lowest BCUT2D eigenvalue weighted by Crippen LogP contribution is -2.38. The number of fused-ring (bicyclic) bond motifs is 1. The van der Waals surface area contributed by atoms with Crippen molar-refractivity contribution >= 4 is 28.6 Å². The third-order valence-corrected chi connectivity index (χ3v) is 3.36. The van der Waals surface area contributed by atoms with Gasteiger partial charge in [-0.1, -0.05) is 6.07 Å². The number of amides is 1. The fraction of sp³-hybridized carbons (Fsp3) is 0.500. The van der Waals surface area contributed by atoms with Gasteiger partial charge in [0.15, 0.2) is 0 Å². The molecule has 18 heavy (non-hydrogen) atoms. The predicted octanol–water partition coefficient (Wildman–Crippen LogP) is 2.81. The second kappa shape index (κ2) is 5.85. The van der Waals surface area contributed by atoms with Crippen LogP contribution < -0.4 is 4.90 Å². The van der Waals surface area contributed by atoms with Crippen LogP contribution in [0.4, 0.5) is 5.69 Å². The van der Waals surface area contributed by atoms with Crippen molar-refractivity contribution < 1.29 is 9.53 Å². The smallest absolute Gasteiger partial charge is 0.224 e. The van der Waals surface area contributed by atoms with E-state index in [0.29, 0.717) is 6.61 Å². The van der Waals surface area contributed by atoms with Gasteiger partial charge in [0.05, 0.1) is 12.6 Å². The minimum atomic E-state index is 0. The molecule has 1 aromatic rings. The summed E-state index contributed by atoms with van der Waals surface area (Å²) in [6, 6.07) is 4.42. The molecule has 0 aromatic heterocycles. The zero-order valence-electron chi connectivity index (χ0n) is 11.3. The molecule has 0 saturated heterocycles. The summed E-state index contributed by atoms with van der Waals surface area (Å²) in [5.41, 5.74) is 4.82. The van der Waals surface area contributed by atoms with Crippen LogP contribution in [0, 0.1) is 13.8 Å². The number of methoxy groups -OCH3 is 1. The predicted molar refractivity (Wildman–Crippen MR) is 78.8 cm³/mol. The average molecular weight is 314 g/mol. The quantitative estimate of drug-likeness (QED) is 0.840. The van der Waals surface area contributed by atoms with Gasteiger partial charge in [-0.2, -0.15) is 0 Å². The molecule has 4 heteroatoms. The minimum absolute atomic E-state index is 0. The van der Waals surface area contributed by atoms with Crippen molar-refractivity contribution in [1.29, 1.82) is 0 Å². The third kappa shape index (κ3) is 2.59. The van der Waals surface area contributed by atoms with Crippen molar-refractivity contribution in [1.82, 2.24) is 0 Å². The Morgan fingerprint density at radius 3 is 2.67 bits per heavy atom. The lowest BCUT2D eigenvalue weighted by atomic mass is 10.0. The maximum Gasteiger partial charge on any atom is 0.224 e. The van der Waals surface area contributed by atoms with Gasteiger partial charge < -0.3 is 9.64 Å². The molecular weight excluding hydrogens is 294 g/mol. The molecule has 1 aromatic carbocycles. The van der Waals surface area contributed by atoms with Gasteiger partial charge >= 0.3 is 0 Å². The van der Waals surface area contributed by atoms with Crippen LogP contribution in [0.15, 0.2) is 12.1 Å². The Balaban J connectivity index is 0.00000162. The molecule has 0 saturated carbocycles. The number of carbonyl (C=O) groups excluding carboxylic acids is 1. The summed E-state index contributed by atoms with van der Waals surface area (Å²) < 4.78 is 5.21. The average Bonchev–Trinajstić information content (AvgIpc) is 2.57. The first-order valence-corrected chi connectivity index (χ1v) is 5.93. The van der Waals surface area contributed by atoms with E-state index >= 15 is 0 Å². The van der Waals surface area contributed by atoms with Crippen molar-refractivity contribution in [2.45, 2.75) is 33.2 Å². The first kappa shape index (κ1) is 15.2. The second-order valence-electron chi connectivity index (χ2n) is 4.78. The lowest BCUT2D eigenvalue weighted by Gasteiger charge is -2.23. The first-order chi connectivity index (χ1) is 8.04. The number of rotatable bonds is 2. The molecule has 0 aliphatic carbocycles. The standard InChI is InChI=1S/C14H19NO2.BrH/c1-9-5-10(2)13-7-12(8-17-4)15(11(3)16)14(13)6-9;/h5-6,12H,7-8H2,1-4H3;1H. The van der Waals surface area contributed by atoms with Gasteiger partial charge in [-0.25, -0.2) is 0 Å². The van der Waals surface area contributed by atoms with Crippen LogP contribution in [-0.2, 0) is 16.0 Å². The van der Waals surface area contributed by atoms with E-state index < -0.39 is 0 Å². The number of hydrogen-bond donors (Lipinski definition) is 0. The highest BCUT2D eigenvalue weighted by Crippen LogP contribution is 2.35. The number of halogens is 1.